The van der Waals surface area contributed by atoms with Crippen molar-refractivity contribution in [3.8, 4) is 0 Å². The molecule has 1 amide bonds. The Morgan fingerprint density at radius 2 is 1.79 bits per heavy atom. The Kier molecular flexibility index (Phi) is 6.43. The quantitative estimate of drug-likeness (QED) is 0.545. The van der Waals surface area contributed by atoms with Gasteiger partial charge in [0, 0.05) is 17.2 Å². The zero-order valence-corrected chi connectivity index (χ0v) is 17.7. The highest BCUT2D eigenvalue weighted by atomic mass is 32.1. The number of rotatable bonds is 9. The zero-order valence-electron chi connectivity index (χ0n) is 16.9. The molecule has 4 rings (SSSR count). The molecular weight excluding hydrogens is 376 g/mol. The van der Waals surface area contributed by atoms with Crippen LogP contribution in [0.3, 0.4) is 0 Å². The molecule has 0 spiro atoms. The summed E-state index contributed by atoms with van der Waals surface area (Å²) in [6.07, 6.45) is 4.45. The van der Waals surface area contributed by atoms with E-state index in [0.717, 1.165) is 31.2 Å². The molecule has 2 aromatic carbocycles. The predicted octanol–water partition coefficient (Wildman–Crippen LogP) is 4.37. The minimum atomic E-state index is -0.265. The summed E-state index contributed by atoms with van der Waals surface area (Å²) in [6, 6.07) is 23.5. The fraction of sp³-hybridized carbons (Fsp3) is 0.320. The van der Waals surface area contributed by atoms with Gasteiger partial charge in [-0.1, -0.05) is 74.0 Å². The van der Waals surface area contributed by atoms with E-state index in [1.54, 1.807) is 11.3 Å². The molecule has 1 aromatic heterocycles. The maximum atomic E-state index is 13.1. The Morgan fingerprint density at radius 3 is 2.41 bits per heavy atom. The third-order valence-corrected chi connectivity index (χ3v) is 6.43. The van der Waals surface area contributed by atoms with Gasteiger partial charge < -0.3 is 10.6 Å². The summed E-state index contributed by atoms with van der Waals surface area (Å²) in [6.45, 7) is 2.21. The first-order valence-corrected chi connectivity index (χ1v) is 11.4. The van der Waals surface area contributed by atoms with Gasteiger partial charge in [0.15, 0.2) is 6.04 Å². The molecule has 3 nitrogen and oxygen atoms in total. The maximum absolute atomic E-state index is 13.1. The summed E-state index contributed by atoms with van der Waals surface area (Å²) in [5.74, 6) is 0.114. The van der Waals surface area contributed by atoms with Gasteiger partial charge in [0.25, 0.3) is 5.91 Å². The lowest BCUT2D eigenvalue weighted by atomic mass is 9.98. The fourth-order valence-corrected chi connectivity index (χ4v) is 4.57. The summed E-state index contributed by atoms with van der Waals surface area (Å²) in [4.78, 5) is 14.4. The van der Waals surface area contributed by atoms with Crippen LogP contribution in [0.15, 0.2) is 72.1 Å². The summed E-state index contributed by atoms with van der Waals surface area (Å²) in [5.41, 5.74) is 3.66. The van der Waals surface area contributed by atoms with Gasteiger partial charge in [0.1, 0.15) is 6.04 Å². The Morgan fingerprint density at radius 1 is 1.03 bits per heavy atom. The van der Waals surface area contributed by atoms with Crippen molar-refractivity contribution in [2.45, 2.75) is 50.7 Å². The lowest BCUT2D eigenvalue weighted by molar-refractivity contribution is -0.713. The van der Waals surface area contributed by atoms with E-state index in [1.165, 1.54) is 16.0 Å². The van der Waals surface area contributed by atoms with E-state index >= 15 is 0 Å². The maximum Gasteiger partial charge on any atom is 0.283 e. The van der Waals surface area contributed by atoms with Gasteiger partial charge in [-0.2, -0.15) is 0 Å². The molecule has 1 heterocycles. The average molecular weight is 406 g/mol. The largest absolute Gasteiger partial charge is 0.348 e. The van der Waals surface area contributed by atoms with Gasteiger partial charge >= 0.3 is 0 Å². The second-order valence-electron chi connectivity index (χ2n) is 7.85. The highest BCUT2D eigenvalue weighted by Gasteiger charge is 2.33. The molecule has 4 heteroatoms. The van der Waals surface area contributed by atoms with Crippen molar-refractivity contribution >= 4 is 17.2 Å². The van der Waals surface area contributed by atoms with Crippen LogP contribution >= 0.6 is 11.3 Å². The molecule has 1 fully saturated rings. The SMILES string of the molecule is CCCc1ccc([C@@H]([NH2+][C@@H](C(=O)NC2CC2)c2ccccc2)c2cccs2)cc1. The molecule has 3 aromatic rings. The number of amides is 1. The molecule has 1 aliphatic carbocycles. The second kappa shape index (κ2) is 9.38. The predicted molar refractivity (Wildman–Crippen MR) is 119 cm³/mol. The third kappa shape index (κ3) is 5.14. The lowest BCUT2D eigenvalue weighted by Gasteiger charge is -2.22. The van der Waals surface area contributed by atoms with Gasteiger partial charge in [-0.15, -0.1) is 11.3 Å². The number of nitrogens with one attached hydrogen (secondary N) is 1. The van der Waals surface area contributed by atoms with Gasteiger partial charge in [-0.25, -0.2) is 0 Å². The molecule has 150 valence electrons. The van der Waals surface area contributed by atoms with E-state index in [9.17, 15) is 4.79 Å². The van der Waals surface area contributed by atoms with E-state index in [1.807, 2.05) is 18.2 Å². The van der Waals surface area contributed by atoms with Crippen molar-refractivity contribution in [2.24, 2.45) is 0 Å². The number of hydrogen-bond donors (Lipinski definition) is 2. The molecule has 0 saturated heterocycles. The molecule has 2 atom stereocenters. The van der Waals surface area contributed by atoms with Crippen molar-refractivity contribution in [3.05, 3.63) is 93.7 Å². The van der Waals surface area contributed by atoms with Crippen LogP contribution in [0.5, 0.6) is 0 Å². The molecule has 0 unspecified atom stereocenters. The number of hydrogen-bond acceptors (Lipinski definition) is 2. The summed E-state index contributed by atoms with van der Waals surface area (Å²) in [5, 5.41) is 7.56. The van der Waals surface area contributed by atoms with Crippen LogP contribution in [-0.2, 0) is 11.2 Å². The molecule has 3 N–H and O–H groups in total. The highest BCUT2D eigenvalue weighted by Crippen LogP contribution is 2.26. The van der Waals surface area contributed by atoms with Crippen molar-refractivity contribution in [2.75, 3.05) is 0 Å². The van der Waals surface area contributed by atoms with E-state index in [2.05, 4.69) is 71.5 Å². The standard InChI is InChI=1S/C25H28N2OS/c1-2-7-18-11-13-20(14-12-18)23(22-10-6-17-29-22)27-24(19-8-4-3-5-9-19)25(28)26-21-15-16-21/h3-6,8-14,17,21,23-24,27H,2,7,15-16H2,1H3,(H,26,28)/p+1/t23-,24-/m1/s1. The first-order chi connectivity index (χ1) is 14.2. The second-order valence-corrected chi connectivity index (χ2v) is 8.83. The smallest absolute Gasteiger partial charge is 0.283 e. The number of thiophene rings is 1. The van der Waals surface area contributed by atoms with Gasteiger partial charge in [0.2, 0.25) is 0 Å². The van der Waals surface area contributed by atoms with E-state index in [0.29, 0.717) is 6.04 Å². The molecule has 29 heavy (non-hydrogen) atoms. The minimum Gasteiger partial charge on any atom is -0.348 e. The molecule has 0 radical (unpaired) electrons. The van der Waals surface area contributed by atoms with Crippen molar-refractivity contribution in [3.63, 3.8) is 0 Å². The number of benzene rings is 2. The van der Waals surface area contributed by atoms with Crippen LogP contribution in [0, 0.1) is 0 Å². The van der Waals surface area contributed by atoms with Gasteiger partial charge in [-0.3, -0.25) is 4.79 Å². The van der Waals surface area contributed by atoms with Crippen LogP contribution in [0.4, 0.5) is 0 Å². The molecule has 0 bridgehead atoms. The molecule has 0 aliphatic heterocycles. The van der Waals surface area contributed by atoms with Crippen LogP contribution in [0.2, 0.25) is 0 Å². The van der Waals surface area contributed by atoms with Crippen molar-refractivity contribution in [1.82, 2.24) is 5.32 Å². The minimum absolute atomic E-state index is 0.0980. The van der Waals surface area contributed by atoms with Crippen molar-refractivity contribution in [1.29, 1.82) is 0 Å². The lowest BCUT2D eigenvalue weighted by Crippen LogP contribution is -2.88. The summed E-state index contributed by atoms with van der Waals surface area (Å²) in [7, 11) is 0. The molecule has 1 saturated carbocycles. The third-order valence-electron chi connectivity index (χ3n) is 5.48. The van der Waals surface area contributed by atoms with E-state index < -0.39 is 0 Å². The number of quaternary nitrogens is 1. The summed E-state index contributed by atoms with van der Waals surface area (Å²) >= 11 is 1.75. The summed E-state index contributed by atoms with van der Waals surface area (Å²) < 4.78 is 0. The van der Waals surface area contributed by atoms with Crippen LogP contribution in [0.25, 0.3) is 0 Å². The normalized spacial score (nSPS) is 15.6. The van der Waals surface area contributed by atoms with E-state index in [-0.39, 0.29) is 18.0 Å². The Balaban J connectivity index is 1.64. The number of aryl methyl sites for hydroxylation is 1. The van der Waals surface area contributed by atoms with Crippen LogP contribution in [-0.4, -0.2) is 11.9 Å². The Labute approximate surface area is 177 Å². The Bertz CT molecular complexity index is 902. The molecular formula is C25H29N2OS+. The van der Waals surface area contributed by atoms with Crippen LogP contribution in [0.1, 0.15) is 59.8 Å². The topological polar surface area (TPSA) is 45.7 Å². The first-order valence-electron chi connectivity index (χ1n) is 10.6. The average Bonchev–Trinajstić information content (AvgIpc) is 3.39. The zero-order chi connectivity index (χ0) is 20.1. The highest BCUT2D eigenvalue weighted by molar-refractivity contribution is 7.10. The number of nitrogens with two attached hydrogens (primary N) is 1. The fourth-order valence-electron chi connectivity index (χ4n) is 3.74. The van der Waals surface area contributed by atoms with E-state index in [4.69, 9.17) is 0 Å². The molecule has 1 aliphatic rings. The van der Waals surface area contributed by atoms with Gasteiger partial charge in [-0.05, 0) is 36.3 Å². The van der Waals surface area contributed by atoms with Crippen molar-refractivity contribution < 1.29 is 10.1 Å². The van der Waals surface area contributed by atoms with Crippen LogP contribution < -0.4 is 10.6 Å². The monoisotopic (exact) mass is 405 g/mol. The Hall–Kier alpha value is -2.43. The number of carbonyl (C=O) groups excluding carboxylic acids is 1. The van der Waals surface area contributed by atoms with Gasteiger partial charge in [0.05, 0.1) is 4.88 Å². The number of carbonyl (C=O) groups is 1. The first kappa shape index (κ1) is 19.9.